The summed E-state index contributed by atoms with van der Waals surface area (Å²) in [6.45, 7) is 2.41. The van der Waals surface area contributed by atoms with Crippen molar-refractivity contribution in [3.05, 3.63) is 71.8 Å². The topological polar surface area (TPSA) is 61.4 Å². The summed E-state index contributed by atoms with van der Waals surface area (Å²) < 4.78 is 0. The normalized spacial score (nSPS) is 23.0. The van der Waals surface area contributed by atoms with Crippen molar-refractivity contribution in [2.45, 2.75) is 44.3 Å². The third-order valence-electron chi connectivity index (χ3n) is 6.07. The van der Waals surface area contributed by atoms with Crippen LogP contribution in [0.25, 0.3) is 0 Å². The molecule has 0 aliphatic carbocycles. The van der Waals surface area contributed by atoms with Crippen molar-refractivity contribution in [1.29, 1.82) is 0 Å². The van der Waals surface area contributed by atoms with E-state index < -0.39 is 0 Å². The number of hydrogen-bond acceptors (Lipinski definition) is 3. The molecule has 4 rings (SSSR count). The average molecular weight is 392 g/mol. The Labute approximate surface area is 172 Å². The first-order valence-corrected chi connectivity index (χ1v) is 10.6. The lowest BCUT2D eigenvalue weighted by Crippen LogP contribution is -2.51. The van der Waals surface area contributed by atoms with Gasteiger partial charge < -0.3 is 15.5 Å². The molecule has 0 saturated carbocycles. The summed E-state index contributed by atoms with van der Waals surface area (Å²) in [7, 11) is 0. The molecule has 2 fully saturated rings. The quantitative estimate of drug-likeness (QED) is 0.824. The number of rotatable bonds is 5. The van der Waals surface area contributed by atoms with Crippen molar-refractivity contribution in [2.75, 3.05) is 13.1 Å². The van der Waals surface area contributed by atoms with Crippen molar-refractivity contribution in [2.24, 2.45) is 5.92 Å². The summed E-state index contributed by atoms with van der Waals surface area (Å²) in [5.41, 5.74) is 2.11. The van der Waals surface area contributed by atoms with E-state index in [0.717, 1.165) is 37.1 Å². The lowest BCUT2D eigenvalue weighted by molar-refractivity contribution is -0.144. The molecule has 2 aromatic carbocycles. The van der Waals surface area contributed by atoms with Gasteiger partial charge in [0.15, 0.2) is 0 Å². The standard InChI is InChI=1S/C24H29N3O2/c28-22-12-11-21(24(29)26-20-13-15-25-16-14-20)23(19-9-5-2-6-10-19)27(22)17-18-7-3-1-4-8-18/h1-10,20-21,23,25H,11-17H2,(H,26,29). The van der Waals surface area contributed by atoms with Crippen LogP contribution in [-0.4, -0.2) is 35.8 Å². The smallest absolute Gasteiger partial charge is 0.225 e. The number of benzene rings is 2. The van der Waals surface area contributed by atoms with E-state index in [1.165, 1.54) is 0 Å². The largest absolute Gasteiger partial charge is 0.353 e. The first kappa shape index (κ1) is 19.6. The maximum absolute atomic E-state index is 13.3. The van der Waals surface area contributed by atoms with Crippen LogP contribution < -0.4 is 10.6 Å². The van der Waals surface area contributed by atoms with Crippen LogP contribution in [0.2, 0.25) is 0 Å². The van der Waals surface area contributed by atoms with Gasteiger partial charge in [0.25, 0.3) is 0 Å². The lowest BCUT2D eigenvalue weighted by atomic mass is 9.83. The second-order valence-corrected chi connectivity index (χ2v) is 8.04. The molecule has 2 aromatic rings. The van der Waals surface area contributed by atoms with Crippen molar-refractivity contribution < 1.29 is 9.59 Å². The summed E-state index contributed by atoms with van der Waals surface area (Å²) in [5, 5.41) is 6.61. The summed E-state index contributed by atoms with van der Waals surface area (Å²) in [4.78, 5) is 28.1. The monoisotopic (exact) mass is 391 g/mol. The van der Waals surface area contributed by atoms with Gasteiger partial charge in [-0.1, -0.05) is 60.7 Å². The van der Waals surface area contributed by atoms with Crippen LogP contribution in [0.5, 0.6) is 0 Å². The van der Waals surface area contributed by atoms with Gasteiger partial charge in [-0.3, -0.25) is 9.59 Å². The lowest BCUT2D eigenvalue weighted by Gasteiger charge is -2.41. The van der Waals surface area contributed by atoms with Crippen LogP contribution in [0.4, 0.5) is 0 Å². The van der Waals surface area contributed by atoms with E-state index in [-0.39, 0.29) is 29.8 Å². The molecule has 2 N–H and O–H groups in total. The van der Waals surface area contributed by atoms with Crippen molar-refractivity contribution in [3.8, 4) is 0 Å². The number of amides is 2. The van der Waals surface area contributed by atoms with Crippen LogP contribution >= 0.6 is 0 Å². The molecule has 2 saturated heterocycles. The van der Waals surface area contributed by atoms with E-state index in [2.05, 4.69) is 10.6 Å². The van der Waals surface area contributed by atoms with Crippen LogP contribution in [0.15, 0.2) is 60.7 Å². The van der Waals surface area contributed by atoms with E-state index in [0.29, 0.717) is 19.4 Å². The van der Waals surface area contributed by atoms with Gasteiger partial charge in [0.05, 0.1) is 12.0 Å². The molecule has 2 amide bonds. The zero-order valence-corrected chi connectivity index (χ0v) is 16.7. The van der Waals surface area contributed by atoms with Gasteiger partial charge in [-0.15, -0.1) is 0 Å². The number of hydrogen-bond donors (Lipinski definition) is 2. The molecular formula is C24H29N3O2. The molecule has 2 atom stereocenters. The zero-order chi connectivity index (χ0) is 20.1. The second-order valence-electron chi connectivity index (χ2n) is 8.04. The van der Waals surface area contributed by atoms with Crippen molar-refractivity contribution >= 4 is 11.8 Å². The molecular weight excluding hydrogens is 362 g/mol. The molecule has 2 unspecified atom stereocenters. The highest BCUT2D eigenvalue weighted by molar-refractivity contribution is 5.85. The predicted octanol–water partition coefficient (Wildman–Crippen LogP) is 3.03. The van der Waals surface area contributed by atoms with E-state index >= 15 is 0 Å². The molecule has 2 aliphatic heterocycles. The van der Waals surface area contributed by atoms with E-state index in [4.69, 9.17) is 0 Å². The van der Waals surface area contributed by atoms with Crippen LogP contribution in [0.3, 0.4) is 0 Å². The number of nitrogens with zero attached hydrogens (tertiary/aromatic N) is 1. The molecule has 2 heterocycles. The Hall–Kier alpha value is -2.66. The third kappa shape index (κ3) is 4.67. The molecule has 0 aromatic heterocycles. The van der Waals surface area contributed by atoms with Gasteiger partial charge in [0.2, 0.25) is 11.8 Å². The fourth-order valence-electron chi connectivity index (χ4n) is 4.53. The van der Waals surface area contributed by atoms with Crippen LogP contribution in [-0.2, 0) is 16.1 Å². The fraction of sp³-hybridized carbons (Fsp3) is 0.417. The highest BCUT2D eigenvalue weighted by atomic mass is 16.2. The summed E-state index contributed by atoms with van der Waals surface area (Å²) in [6, 6.07) is 20.0. The summed E-state index contributed by atoms with van der Waals surface area (Å²) >= 11 is 0. The van der Waals surface area contributed by atoms with Gasteiger partial charge in [0, 0.05) is 19.0 Å². The minimum Gasteiger partial charge on any atom is -0.353 e. The number of carbonyl (C=O) groups excluding carboxylic acids is 2. The van der Waals surface area contributed by atoms with Crippen molar-refractivity contribution in [3.63, 3.8) is 0 Å². The summed E-state index contributed by atoms with van der Waals surface area (Å²) in [5.74, 6) is -0.0290. The highest BCUT2D eigenvalue weighted by Gasteiger charge is 2.41. The molecule has 29 heavy (non-hydrogen) atoms. The van der Waals surface area contributed by atoms with Gasteiger partial charge >= 0.3 is 0 Å². The minimum absolute atomic E-state index is 0.0799. The van der Waals surface area contributed by atoms with Gasteiger partial charge in [-0.25, -0.2) is 0 Å². The molecule has 5 heteroatoms. The maximum Gasteiger partial charge on any atom is 0.225 e. The van der Waals surface area contributed by atoms with E-state index in [1.807, 2.05) is 65.6 Å². The first-order valence-electron chi connectivity index (χ1n) is 10.6. The summed E-state index contributed by atoms with van der Waals surface area (Å²) in [6.07, 6.45) is 2.93. The van der Waals surface area contributed by atoms with Gasteiger partial charge in [-0.05, 0) is 43.5 Å². The van der Waals surface area contributed by atoms with E-state index in [9.17, 15) is 9.59 Å². The first-order chi connectivity index (χ1) is 14.2. The molecule has 0 radical (unpaired) electrons. The molecule has 0 bridgehead atoms. The fourth-order valence-corrected chi connectivity index (χ4v) is 4.53. The Kier molecular flexibility index (Phi) is 6.25. The second kappa shape index (κ2) is 9.23. The van der Waals surface area contributed by atoms with Gasteiger partial charge in [-0.2, -0.15) is 0 Å². The SMILES string of the molecule is O=C(NC1CCNCC1)C1CCC(=O)N(Cc2ccccc2)C1c1ccccc1. The number of piperidine rings is 2. The Morgan fingerprint density at radius 3 is 2.31 bits per heavy atom. The Bertz CT molecular complexity index is 819. The Balaban J connectivity index is 1.60. The molecule has 152 valence electrons. The average Bonchev–Trinajstić information content (AvgIpc) is 2.77. The number of likely N-dealkylation sites (tertiary alicyclic amines) is 1. The number of nitrogens with one attached hydrogen (secondary N) is 2. The van der Waals surface area contributed by atoms with Crippen molar-refractivity contribution in [1.82, 2.24) is 15.5 Å². The molecule has 2 aliphatic rings. The number of carbonyl (C=O) groups is 2. The molecule has 0 spiro atoms. The zero-order valence-electron chi connectivity index (χ0n) is 16.7. The minimum atomic E-state index is -0.237. The van der Waals surface area contributed by atoms with Crippen LogP contribution in [0.1, 0.15) is 42.9 Å². The maximum atomic E-state index is 13.3. The Morgan fingerprint density at radius 1 is 0.966 bits per heavy atom. The third-order valence-corrected chi connectivity index (χ3v) is 6.07. The van der Waals surface area contributed by atoms with Crippen LogP contribution in [0, 0.1) is 5.92 Å². The highest BCUT2D eigenvalue weighted by Crippen LogP contribution is 2.38. The van der Waals surface area contributed by atoms with E-state index in [1.54, 1.807) is 0 Å². The van der Waals surface area contributed by atoms with Gasteiger partial charge in [0.1, 0.15) is 0 Å². The Morgan fingerprint density at radius 2 is 1.62 bits per heavy atom. The molecule has 5 nitrogen and oxygen atoms in total. The predicted molar refractivity (Wildman–Crippen MR) is 113 cm³/mol.